The number of unbranched alkanes of at least 4 members (excludes halogenated alkanes) is 13. The van der Waals surface area contributed by atoms with Gasteiger partial charge in [-0.1, -0.05) is 77.0 Å². The predicted molar refractivity (Wildman–Crippen MR) is 199 cm³/mol. The molecule has 0 aliphatic heterocycles. The van der Waals surface area contributed by atoms with Gasteiger partial charge in [0, 0.05) is 31.6 Å². The smallest absolute Gasteiger partial charge is 0.326 e. The van der Waals surface area contributed by atoms with E-state index < -0.39 is 66.9 Å². The maximum Gasteiger partial charge on any atom is 0.326 e. The van der Waals surface area contributed by atoms with Crippen LogP contribution in [-0.2, 0) is 43.0 Å². The Morgan fingerprint density at radius 3 is 1.58 bits per heavy atom. The van der Waals surface area contributed by atoms with Crippen LogP contribution in [0.15, 0.2) is 0 Å². The lowest BCUT2D eigenvalue weighted by atomic mass is 10.0. The molecule has 5 amide bonds. The topological polar surface area (TPSA) is 273 Å². The van der Waals surface area contributed by atoms with Gasteiger partial charge in [-0.05, 0) is 19.3 Å². The minimum absolute atomic E-state index is 0.0172. The summed E-state index contributed by atoms with van der Waals surface area (Å²) >= 11 is 3.90. The number of primary amides is 1. The molecule has 0 saturated heterocycles. The molecule has 0 spiro atoms. The third kappa shape index (κ3) is 29.6. The lowest BCUT2D eigenvalue weighted by Crippen LogP contribution is -2.55. The Morgan fingerprint density at radius 2 is 1.09 bits per heavy atom. The van der Waals surface area contributed by atoms with Crippen LogP contribution in [0.2, 0.25) is 0 Å². The molecule has 17 nitrogen and oxygen atoms in total. The molecule has 18 heteroatoms. The average Bonchev–Trinajstić information content (AvgIpc) is 3.11. The first kappa shape index (κ1) is 49.5. The molecule has 0 bridgehead atoms. The summed E-state index contributed by atoms with van der Waals surface area (Å²) in [6, 6.07) is -3.55. The molecule has 306 valence electrons. The molecule has 0 saturated carbocycles. The molecular formula is C35H63N5O12S. The van der Waals surface area contributed by atoms with Crippen LogP contribution in [0.4, 0.5) is 0 Å². The van der Waals surface area contributed by atoms with Crippen LogP contribution in [0.3, 0.4) is 0 Å². The maximum absolute atomic E-state index is 12.3. The number of rotatable bonds is 36. The SMILES string of the molecule is NC(=O)[C@H](CS)NC(=O)[C@H](CO)NC(=O)COCCOCCNC(=O)CC[C@H](NC(=O)CCCCCCCCCCCCCCCCC(=O)O)C(=O)O. The van der Waals surface area contributed by atoms with E-state index in [0.717, 1.165) is 44.9 Å². The minimum atomic E-state index is -1.32. The van der Waals surface area contributed by atoms with Gasteiger partial charge in [0.1, 0.15) is 24.7 Å². The molecule has 0 unspecified atom stereocenters. The Morgan fingerprint density at radius 1 is 0.585 bits per heavy atom. The summed E-state index contributed by atoms with van der Waals surface area (Å²) in [6.45, 7) is -0.774. The molecule has 0 radical (unpaired) electrons. The Balaban J connectivity index is 3.88. The van der Waals surface area contributed by atoms with Crippen LogP contribution < -0.4 is 27.0 Å². The number of aliphatic carboxylic acids is 2. The number of amides is 5. The zero-order chi connectivity index (χ0) is 39.7. The zero-order valence-corrected chi connectivity index (χ0v) is 31.8. The van der Waals surface area contributed by atoms with Crippen molar-refractivity contribution in [2.24, 2.45) is 5.73 Å². The van der Waals surface area contributed by atoms with Crippen LogP contribution in [0.1, 0.15) is 116 Å². The second kappa shape index (κ2) is 33.1. The van der Waals surface area contributed by atoms with E-state index in [-0.39, 0.29) is 63.7 Å². The van der Waals surface area contributed by atoms with Crippen LogP contribution in [0.25, 0.3) is 0 Å². The molecule has 53 heavy (non-hydrogen) atoms. The molecule has 0 heterocycles. The van der Waals surface area contributed by atoms with Crippen molar-refractivity contribution in [2.75, 3.05) is 45.3 Å². The zero-order valence-electron chi connectivity index (χ0n) is 31.0. The number of hydrogen-bond donors (Lipinski definition) is 9. The highest BCUT2D eigenvalue weighted by Crippen LogP contribution is 2.14. The number of aliphatic hydroxyl groups excluding tert-OH is 1. The van der Waals surface area contributed by atoms with Crippen molar-refractivity contribution in [3.05, 3.63) is 0 Å². The van der Waals surface area contributed by atoms with Crippen LogP contribution in [0, 0.1) is 0 Å². The molecule has 0 aromatic carbocycles. The Bertz CT molecular complexity index is 1080. The molecule has 0 aromatic heterocycles. The van der Waals surface area contributed by atoms with Crippen molar-refractivity contribution in [3.8, 4) is 0 Å². The summed E-state index contributed by atoms with van der Waals surface area (Å²) < 4.78 is 10.5. The monoisotopic (exact) mass is 777 g/mol. The van der Waals surface area contributed by atoms with E-state index >= 15 is 0 Å². The summed E-state index contributed by atoms with van der Waals surface area (Å²) in [6.07, 6.45) is 15.2. The fourth-order valence-corrected chi connectivity index (χ4v) is 5.40. The van der Waals surface area contributed by atoms with Gasteiger partial charge >= 0.3 is 11.9 Å². The molecular weight excluding hydrogens is 714 g/mol. The highest BCUT2D eigenvalue weighted by atomic mass is 32.1. The summed E-state index contributed by atoms with van der Waals surface area (Å²) in [5.41, 5.74) is 5.13. The van der Waals surface area contributed by atoms with Crippen molar-refractivity contribution >= 4 is 54.1 Å². The van der Waals surface area contributed by atoms with Crippen molar-refractivity contribution in [1.82, 2.24) is 21.3 Å². The molecule has 0 aliphatic rings. The lowest BCUT2D eigenvalue weighted by Gasteiger charge is -2.19. The summed E-state index contributed by atoms with van der Waals surface area (Å²) in [5, 5.41) is 37.1. The van der Waals surface area contributed by atoms with E-state index in [0.29, 0.717) is 6.42 Å². The van der Waals surface area contributed by atoms with E-state index in [9.17, 15) is 43.8 Å². The highest BCUT2D eigenvalue weighted by Gasteiger charge is 2.24. The van der Waals surface area contributed by atoms with E-state index in [1.807, 2.05) is 0 Å². The largest absolute Gasteiger partial charge is 0.481 e. The van der Waals surface area contributed by atoms with Gasteiger partial charge in [-0.2, -0.15) is 12.6 Å². The van der Waals surface area contributed by atoms with Gasteiger partial charge in [-0.3, -0.25) is 28.8 Å². The quantitative estimate of drug-likeness (QED) is 0.0321. The van der Waals surface area contributed by atoms with E-state index in [4.69, 9.17) is 20.3 Å². The third-order valence-corrected chi connectivity index (χ3v) is 8.55. The van der Waals surface area contributed by atoms with Gasteiger partial charge in [-0.25, -0.2) is 4.79 Å². The van der Waals surface area contributed by atoms with Gasteiger partial charge in [0.05, 0.1) is 26.4 Å². The van der Waals surface area contributed by atoms with E-state index in [1.165, 1.54) is 38.5 Å². The predicted octanol–water partition coefficient (Wildman–Crippen LogP) is 1.19. The number of nitrogens with one attached hydrogen (secondary N) is 4. The molecule has 9 N–H and O–H groups in total. The van der Waals surface area contributed by atoms with Crippen molar-refractivity contribution < 1.29 is 58.4 Å². The standard InChI is InChI=1S/C35H63N5O12S/c36-33(47)28(25-53)40-34(48)27(23-41)39-31(44)24-52-22-21-51-20-19-37-29(42)18-17-26(35(49)50)38-30(43)15-13-11-9-7-5-3-1-2-4-6-8-10-12-14-16-32(45)46/h26-28,41,53H,1-25H2,(H2,36,47)(H,37,42)(H,38,43)(H,39,44)(H,40,48)(H,45,46)(H,49,50)/t26-,27-,28-/m0/s1. The fraction of sp³-hybridized carbons (Fsp3) is 0.800. The molecule has 0 aliphatic carbocycles. The Hall–Kier alpha value is -3.48. The Kier molecular flexibility index (Phi) is 30.9. The maximum atomic E-state index is 12.3. The third-order valence-electron chi connectivity index (χ3n) is 8.19. The van der Waals surface area contributed by atoms with E-state index in [2.05, 4.69) is 33.9 Å². The Labute approximate surface area is 318 Å². The van der Waals surface area contributed by atoms with Crippen molar-refractivity contribution in [1.29, 1.82) is 0 Å². The summed E-state index contributed by atoms with van der Waals surface area (Å²) in [7, 11) is 0. The second-order valence-corrected chi connectivity index (χ2v) is 13.2. The number of nitrogens with two attached hydrogens (primary N) is 1. The number of aliphatic hydroxyl groups is 1. The van der Waals surface area contributed by atoms with Gasteiger partial charge < -0.3 is 51.8 Å². The van der Waals surface area contributed by atoms with E-state index in [1.54, 1.807) is 0 Å². The van der Waals surface area contributed by atoms with Gasteiger partial charge in [0.25, 0.3) is 0 Å². The minimum Gasteiger partial charge on any atom is -0.481 e. The molecule has 0 fully saturated rings. The van der Waals surface area contributed by atoms with Crippen LogP contribution >= 0.6 is 12.6 Å². The number of thiol groups is 1. The highest BCUT2D eigenvalue weighted by molar-refractivity contribution is 7.80. The van der Waals surface area contributed by atoms with Crippen LogP contribution in [-0.4, -0.2) is 120 Å². The number of carbonyl (C=O) groups is 7. The molecule has 3 atom stereocenters. The molecule has 0 rings (SSSR count). The number of carboxylic acids is 2. The number of ether oxygens (including phenoxy) is 2. The number of carboxylic acid groups (broad SMARTS) is 2. The number of carbonyl (C=O) groups excluding carboxylic acids is 5. The van der Waals surface area contributed by atoms with Gasteiger partial charge in [-0.15, -0.1) is 0 Å². The molecule has 0 aromatic rings. The normalized spacial score (nSPS) is 12.6. The number of hydrogen-bond acceptors (Lipinski definition) is 11. The summed E-state index contributed by atoms with van der Waals surface area (Å²) in [4.78, 5) is 81.9. The summed E-state index contributed by atoms with van der Waals surface area (Å²) in [5.74, 6) is -5.05. The first-order valence-electron chi connectivity index (χ1n) is 18.7. The van der Waals surface area contributed by atoms with Crippen molar-refractivity contribution in [2.45, 2.75) is 134 Å². The van der Waals surface area contributed by atoms with Crippen molar-refractivity contribution in [3.63, 3.8) is 0 Å². The fourth-order valence-electron chi connectivity index (χ4n) is 5.13. The van der Waals surface area contributed by atoms with Crippen LogP contribution in [0.5, 0.6) is 0 Å². The first-order valence-corrected chi connectivity index (χ1v) is 19.3. The average molecular weight is 778 g/mol. The second-order valence-electron chi connectivity index (χ2n) is 12.8. The van der Waals surface area contributed by atoms with Gasteiger partial charge in [0.15, 0.2) is 0 Å². The lowest BCUT2D eigenvalue weighted by molar-refractivity contribution is -0.142. The van der Waals surface area contributed by atoms with Gasteiger partial charge in [0.2, 0.25) is 29.5 Å². The first-order chi connectivity index (χ1) is 25.4.